The molecule has 3 aromatic rings. The average Bonchev–Trinajstić information content (AvgIpc) is 3.02. The third-order valence-corrected chi connectivity index (χ3v) is 6.53. The first-order valence-corrected chi connectivity index (χ1v) is 10.2. The Hall–Kier alpha value is -2.47. The molecule has 4 rings (SSSR count). The third kappa shape index (κ3) is 3.54. The summed E-state index contributed by atoms with van der Waals surface area (Å²) in [6.45, 7) is 4.02. The number of aryl methyl sites for hydroxylation is 4. The second-order valence-corrected chi connectivity index (χ2v) is 8.28. The van der Waals surface area contributed by atoms with Crippen molar-refractivity contribution in [2.24, 2.45) is 0 Å². The molecule has 0 saturated carbocycles. The van der Waals surface area contributed by atoms with Crippen molar-refractivity contribution in [1.29, 1.82) is 0 Å². The molecule has 2 N–H and O–H groups in total. The first-order chi connectivity index (χ1) is 13.0. The molecule has 0 radical (unpaired) electrons. The summed E-state index contributed by atoms with van der Waals surface area (Å²) >= 11 is 1.64. The molecule has 0 unspecified atom stereocenters. The average molecular weight is 382 g/mol. The largest absolute Gasteiger partial charge is 0.326 e. The van der Waals surface area contributed by atoms with Gasteiger partial charge in [-0.2, -0.15) is 0 Å². The fourth-order valence-corrected chi connectivity index (χ4v) is 4.94. The Kier molecular flexibility index (Phi) is 4.83. The van der Waals surface area contributed by atoms with Crippen LogP contribution in [0.2, 0.25) is 0 Å². The lowest BCUT2D eigenvalue weighted by Crippen LogP contribution is -2.17. The molecule has 0 saturated heterocycles. The number of carbonyl (C=O) groups excluding carboxylic acids is 1. The standard InChI is InChI=1S/C21H23N3O2S/c1-12-6-5-8-15(13(12)2)22-18(25)11-10-17-23-20(26)19-14-7-3-4-9-16(14)27-21(19)24-17/h5-6,8H,3-4,7,9-11H2,1-2H3,(H,22,25)(H,23,24,26). The van der Waals surface area contributed by atoms with Crippen molar-refractivity contribution in [2.45, 2.75) is 52.4 Å². The predicted octanol–water partition coefficient (Wildman–Crippen LogP) is 4.05. The maximum Gasteiger partial charge on any atom is 0.259 e. The minimum atomic E-state index is -0.0723. The van der Waals surface area contributed by atoms with Crippen molar-refractivity contribution in [2.75, 3.05) is 5.32 Å². The van der Waals surface area contributed by atoms with E-state index in [1.807, 2.05) is 32.0 Å². The van der Waals surface area contributed by atoms with Crippen molar-refractivity contribution >= 4 is 33.1 Å². The molecule has 1 amide bonds. The van der Waals surface area contributed by atoms with Crippen LogP contribution in [-0.2, 0) is 24.1 Å². The summed E-state index contributed by atoms with van der Waals surface area (Å²) < 4.78 is 0. The Morgan fingerprint density at radius 1 is 1.26 bits per heavy atom. The smallest absolute Gasteiger partial charge is 0.259 e. The number of H-pyrrole nitrogens is 1. The molecule has 0 aliphatic heterocycles. The van der Waals surface area contributed by atoms with Crippen LogP contribution in [0.25, 0.3) is 10.2 Å². The molecule has 1 aromatic carbocycles. The molecule has 27 heavy (non-hydrogen) atoms. The Labute approximate surface area is 161 Å². The van der Waals surface area contributed by atoms with E-state index in [0.29, 0.717) is 12.2 Å². The van der Waals surface area contributed by atoms with Gasteiger partial charge in [0.2, 0.25) is 5.91 Å². The van der Waals surface area contributed by atoms with Crippen molar-refractivity contribution < 1.29 is 4.79 Å². The number of aromatic nitrogens is 2. The molecular formula is C21H23N3O2S. The highest BCUT2D eigenvalue weighted by molar-refractivity contribution is 7.18. The molecule has 2 heterocycles. The van der Waals surface area contributed by atoms with Crippen LogP contribution in [0.1, 0.15) is 46.7 Å². The summed E-state index contributed by atoms with van der Waals surface area (Å²) in [6.07, 6.45) is 5.04. The fraction of sp³-hybridized carbons (Fsp3) is 0.381. The van der Waals surface area contributed by atoms with Gasteiger partial charge in [-0.05, 0) is 62.3 Å². The zero-order valence-corrected chi connectivity index (χ0v) is 16.5. The first kappa shape index (κ1) is 17.9. The Morgan fingerprint density at radius 2 is 2.07 bits per heavy atom. The number of thiophene rings is 1. The van der Waals surface area contributed by atoms with Crippen LogP contribution >= 0.6 is 11.3 Å². The van der Waals surface area contributed by atoms with Crippen LogP contribution < -0.4 is 10.9 Å². The summed E-state index contributed by atoms with van der Waals surface area (Å²) in [6, 6.07) is 5.86. The molecule has 1 aliphatic carbocycles. The Balaban J connectivity index is 1.50. The normalized spacial score (nSPS) is 13.6. The van der Waals surface area contributed by atoms with Crippen LogP contribution in [0.3, 0.4) is 0 Å². The van der Waals surface area contributed by atoms with Crippen LogP contribution in [-0.4, -0.2) is 15.9 Å². The highest BCUT2D eigenvalue weighted by atomic mass is 32.1. The van der Waals surface area contributed by atoms with Gasteiger partial charge in [-0.15, -0.1) is 11.3 Å². The zero-order valence-electron chi connectivity index (χ0n) is 15.6. The summed E-state index contributed by atoms with van der Waals surface area (Å²) in [5.74, 6) is 0.513. The van der Waals surface area contributed by atoms with Crippen molar-refractivity contribution in [3.8, 4) is 0 Å². The number of hydrogen-bond acceptors (Lipinski definition) is 4. The fourth-order valence-electron chi connectivity index (χ4n) is 3.66. The lowest BCUT2D eigenvalue weighted by molar-refractivity contribution is -0.116. The topological polar surface area (TPSA) is 74.8 Å². The molecule has 140 valence electrons. The van der Waals surface area contributed by atoms with Gasteiger partial charge < -0.3 is 10.3 Å². The molecule has 0 atom stereocenters. The summed E-state index contributed by atoms with van der Waals surface area (Å²) in [7, 11) is 0. The summed E-state index contributed by atoms with van der Waals surface area (Å²) in [4.78, 5) is 34.5. The quantitative estimate of drug-likeness (QED) is 0.716. The molecule has 6 heteroatoms. The van der Waals surface area contributed by atoms with E-state index in [0.717, 1.165) is 46.3 Å². The molecule has 0 bridgehead atoms. The van der Waals surface area contributed by atoms with Gasteiger partial charge in [0.15, 0.2) is 0 Å². The van der Waals surface area contributed by atoms with E-state index in [-0.39, 0.29) is 17.9 Å². The van der Waals surface area contributed by atoms with E-state index in [1.165, 1.54) is 16.9 Å². The number of nitrogens with one attached hydrogen (secondary N) is 2. The van der Waals surface area contributed by atoms with Crippen molar-refractivity contribution in [1.82, 2.24) is 9.97 Å². The highest BCUT2D eigenvalue weighted by Gasteiger charge is 2.20. The lowest BCUT2D eigenvalue weighted by atomic mass is 9.97. The third-order valence-electron chi connectivity index (χ3n) is 5.34. The summed E-state index contributed by atoms with van der Waals surface area (Å²) in [5, 5.41) is 3.72. The molecule has 0 fully saturated rings. The second kappa shape index (κ2) is 7.27. The molecule has 0 spiro atoms. The van der Waals surface area contributed by atoms with Crippen LogP contribution in [0.4, 0.5) is 5.69 Å². The van der Waals surface area contributed by atoms with E-state index in [1.54, 1.807) is 11.3 Å². The van der Waals surface area contributed by atoms with Crippen molar-refractivity contribution in [3.05, 3.63) is 55.9 Å². The summed E-state index contributed by atoms with van der Waals surface area (Å²) in [5.41, 5.74) is 4.18. The number of carbonyl (C=O) groups is 1. The van der Waals surface area contributed by atoms with Gasteiger partial charge in [0.25, 0.3) is 5.56 Å². The Bertz CT molecular complexity index is 1080. The van der Waals surface area contributed by atoms with E-state index in [4.69, 9.17) is 0 Å². The molecule has 5 nitrogen and oxygen atoms in total. The highest BCUT2D eigenvalue weighted by Crippen LogP contribution is 2.33. The van der Waals surface area contributed by atoms with Crippen LogP contribution in [0.15, 0.2) is 23.0 Å². The number of aromatic amines is 1. The maximum atomic E-state index is 12.6. The first-order valence-electron chi connectivity index (χ1n) is 9.42. The van der Waals surface area contributed by atoms with Gasteiger partial charge in [-0.25, -0.2) is 4.98 Å². The van der Waals surface area contributed by atoms with Crippen LogP contribution in [0, 0.1) is 13.8 Å². The van der Waals surface area contributed by atoms with Gasteiger partial charge in [-0.3, -0.25) is 9.59 Å². The number of fused-ring (bicyclic) bond motifs is 3. The Morgan fingerprint density at radius 3 is 2.93 bits per heavy atom. The number of nitrogens with zero attached hydrogens (tertiary/aromatic N) is 1. The number of hydrogen-bond donors (Lipinski definition) is 2. The zero-order chi connectivity index (χ0) is 19.0. The monoisotopic (exact) mass is 381 g/mol. The van der Waals surface area contributed by atoms with Gasteiger partial charge >= 0.3 is 0 Å². The van der Waals surface area contributed by atoms with Crippen molar-refractivity contribution in [3.63, 3.8) is 0 Å². The SMILES string of the molecule is Cc1cccc(NC(=O)CCc2nc3sc4c(c3c(=O)[nH]2)CCCC4)c1C. The van der Waals surface area contributed by atoms with E-state index in [2.05, 4.69) is 15.3 Å². The van der Waals surface area contributed by atoms with E-state index < -0.39 is 0 Å². The minimum absolute atomic E-state index is 0.0654. The lowest BCUT2D eigenvalue weighted by Gasteiger charge is -2.10. The maximum absolute atomic E-state index is 12.6. The molecule has 1 aliphatic rings. The number of rotatable bonds is 4. The molecular weight excluding hydrogens is 358 g/mol. The minimum Gasteiger partial charge on any atom is -0.326 e. The van der Waals surface area contributed by atoms with Crippen LogP contribution in [0.5, 0.6) is 0 Å². The van der Waals surface area contributed by atoms with Gasteiger partial charge in [0, 0.05) is 23.4 Å². The second-order valence-electron chi connectivity index (χ2n) is 7.20. The van der Waals surface area contributed by atoms with Gasteiger partial charge in [0.05, 0.1) is 5.39 Å². The van der Waals surface area contributed by atoms with Gasteiger partial charge in [-0.1, -0.05) is 12.1 Å². The molecule has 2 aromatic heterocycles. The van der Waals surface area contributed by atoms with E-state index in [9.17, 15) is 9.59 Å². The number of anilines is 1. The van der Waals surface area contributed by atoms with E-state index >= 15 is 0 Å². The number of benzene rings is 1. The predicted molar refractivity (Wildman–Crippen MR) is 110 cm³/mol. The number of amides is 1. The van der Waals surface area contributed by atoms with Gasteiger partial charge in [0.1, 0.15) is 10.7 Å².